The van der Waals surface area contributed by atoms with Gasteiger partial charge in [-0.25, -0.2) is 9.59 Å². The van der Waals surface area contributed by atoms with Crippen molar-refractivity contribution in [3.8, 4) is 0 Å². The molecule has 14 nitrogen and oxygen atoms in total. The number of nitrogens with zero attached hydrogens (tertiary/aromatic N) is 6. The van der Waals surface area contributed by atoms with Crippen molar-refractivity contribution in [1.82, 2.24) is 38.7 Å². The maximum atomic E-state index is 12.2. The summed E-state index contributed by atoms with van der Waals surface area (Å²) in [5, 5.41) is 19.6. The Hall–Kier alpha value is -4.10. The van der Waals surface area contributed by atoms with Gasteiger partial charge in [0.15, 0.2) is 11.6 Å². The number of hydrogen-bond acceptors (Lipinski definition) is 8. The zero-order chi connectivity index (χ0) is 21.7. The fraction of sp³-hybridized carbons (Fsp3) is 0.375. The van der Waals surface area contributed by atoms with E-state index in [-0.39, 0.29) is 11.0 Å². The summed E-state index contributed by atoms with van der Waals surface area (Å²) in [4.78, 5) is 48.7. The maximum absolute atomic E-state index is 12.2. The van der Waals surface area contributed by atoms with E-state index in [4.69, 9.17) is 0 Å². The van der Waals surface area contributed by atoms with E-state index in [0.29, 0.717) is 35.8 Å². The summed E-state index contributed by atoms with van der Waals surface area (Å²) in [6, 6.07) is 0. The Labute approximate surface area is 166 Å². The first-order valence-corrected chi connectivity index (χ1v) is 9.00. The predicted octanol–water partition coefficient (Wildman–Crippen LogP) is -2.24. The molecule has 0 radical (unpaired) electrons. The maximum Gasteiger partial charge on any atom is 0.331 e. The van der Waals surface area contributed by atoms with Crippen LogP contribution in [0.15, 0.2) is 19.2 Å². The Morgan fingerprint density at radius 1 is 0.667 bits per heavy atom. The average molecular weight is 416 g/mol. The second kappa shape index (κ2) is 6.75. The lowest BCUT2D eigenvalue weighted by Crippen LogP contribution is -2.37. The summed E-state index contributed by atoms with van der Waals surface area (Å²) in [6.07, 6.45) is 0. The van der Waals surface area contributed by atoms with Crippen molar-refractivity contribution in [3.63, 3.8) is 0 Å². The zero-order valence-electron chi connectivity index (χ0n) is 16.7. The predicted molar refractivity (Wildman–Crippen MR) is 110 cm³/mol. The van der Waals surface area contributed by atoms with Crippen LogP contribution < -0.4 is 33.1 Å². The highest BCUT2D eigenvalue weighted by Gasteiger charge is 2.17. The average Bonchev–Trinajstić information content (AvgIpc) is 3.35. The van der Waals surface area contributed by atoms with Crippen LogP contribution in [0.4, 0.5) is 11.6 Å². The van der Waals surface area contributed by atoms with Gasteiger partial charge in [0.1, 0.15) is 22.1 Å². The van der Waals surface area contributed by atoms with Gasteiger partial charge in [-0.3, -0.25) is 38.1 Å². The van der Waals surface area contributed by atoms with Crippen molar-refractivity contribution in [3.05, 3.63) is 41.7 Å². The first-order valence-electron chi connectivity index (χ1n) is 9.00. The van der Waals surface area contributed by atoms with Crippen molar-refractivity contribution in [2.75, 3.05) is 23.7 Å². The minimum Gasteiger partial charge on any atom is -0.365 e. The van der Waals surface area contributed by atoms with Crippen LogP contribution in [0.3, 0.4) is 0 Å². The van der Waals surface area contributed by atoms with E-state index in [1.165, 1.54) is 23.2 Å². The van der Waals surface area contributed by atoms with Crippen LogP contribution in [-0.4, -0.2) is 51.8 Å². The van der Waals surface area contributed by atoms with Crippen LogP contribution in [0.1, 0.15) is 0 Å². The molecule has 0 unspecified atom stereocenters. The van der Waals surface area contributed by atoms with Gasteiger partial charge in [0.2, 0.25) is 0 Å². The van der Waals surface area contributed by atoms with Crippen LogP contribution in [0, 0.1) is 0 Å². The summed E-state index contributed by atoms with van der Waals surface area (Å²) in [7, 11) is 5.91. The van der Waals surface area contributed by atoms with Crippen molar-refractivity contribution in [2.24, 2.45) is 28.2 Å². The third-order valence-electron chi connectivity index (χ3n) is 5.05. The number of rotatable bonds is 5. The van der Waals surface area contributed by atoms with E-state index in [1.54, 1.807) is 14.1 Å². The number of nitrogens with one attached hydrogen (secondary N) is 4. The summed E-state index contributed by atoms with van der Waals surface area (Å²) in [6.45, 7) is 0.715. The molecule has 0 aliphatic rings. The fourth-order valence-corrected chi connectivity index (χ4v) is 3.38. The van der Waals surface area contributed by atoms with Crippen molar-refractivity contribution in [2.45, 2.75) is 0 Å². The van der Waals surface area contributed by atoms with Gasteiger partial charge in [0.25, 0.3) is 11.1 Å². The molecule has 0 saturated heterocycles. The molecule has 0 atom stereocenters. The molecular weight excluding hydrogens is 396 g/mol. The summed E-state index contributed by atoms with van der Waals surface area (Å²) in [5.41, 5.74) is -0.646. The molecule has 4 aromatic heterocycles. The van der Waals surface area contributed by atoms with Gasteiger partial charge in [0.05, 0.1) is 0 Å². The number of H-pyrrole nitrogens is 2. The molecule has 4 heterocycles. The topological polar surface area (TPSA) is 169 Å². The number of aromatic amines is 2. The number of hydrogen-bond donors (Lipinski definition) is 4. The first kappa shape index (κ1) is 19.2. The molecule has 4 N–H and O–H groups in total. The van der Waals surface area contributed by atoms with Crippen LogP contribution in [0.25, 0.3) is 22.1 Å². The molecule has 0 fully saturated rings. The minimum absolute atomic E-state index is 0.221. The summed E-state index contributed by atoms with van der Waals surface area (Å²) in [5.74, 6) is 0.717. The lowest BCUT2D eigenvalue weighted by molar-refractivity contribution is 0.713. The van der Waals surface area contributed by atoms with E-state index >= 15 is 0 Å². The van der Waals surface area contributed by atoms with Crippen LogP contribution >= 0.6 is 0 Å². The number of aryl methyl sites for hydroxylation is 2. The molecular formula is C16H20N10O4. The molecule has 0 amide bonds. The normalized spacial score (nSPS) is 11.5. The van der Waals surface area contributed by atoms with Crippen LogP contribution in [0.2, 0.25) is 0 Å². The van der Waals surface area contributed by atoms with Crippen LogP contribution in [-0.2, 0) is 28.2 Å². The summed E-state index contributed by atoms with van der Waals surface area (Å²) < 4.78 is 4.68. The molecule has 0 aliphatic carbocycles. The van der Waals surface area contributed by atoms with E-state index in [9.17, 15) is 19.2 Å². The highest BCUT2D eigenvalue weighted by molar-refractivity contribution is 5.86. The molecule has 30 heavy (non-hydrogen) atoms. The number of anilines is 2. The Morgan fingerprint density at radius 3 is 1.40 bits per heavy atom. The quantitative estimate of drug-likeness (QED) is 0.265. The lowest BCUT2D eigenvalue weighted by atomic mass is 10.4. The molecule has 0 aliphatic heterocycles. The Bertz CT molecular complexity index is 1410. The minimum atomic E-state index is -0.461. The lowest BCUT2D eigenvalue weighted by Gasteiger charge is -2.09. The van der Waals surface area contributed by atoms with Gasteiger partial charge in [0, 0.05) is 41.3 Å². The van der Waals surface area contributed by atoms with Gasteiger partial charge < -0.3 is 10.6 Å². The van der Waals surface area contributed by atoms with Gasteiger partial charge in [-0.15, -0.1) is 0 Å². The van der Waals surface area contributed by atoms with E-state index < -0.39 is 22.5 Å². The van der Waals surface area contributed by atoms with Gasteiger partial charge >= 0.3 is 11.4 Å². The Kier molecular flexibility index (Phi) is 4.33. The SMILES string of the molecule is Cn1c(=O)c2[nH]nc(NCCNc3n[nH]c4c(=O)n(C)c(=O)n(C)c34)c2n(C)c1=O. The highest BCUT2D eigenvalue weighted by Crippen LogP contribution is 2.16. The third kappa shape index (κ3) is 2.64. The van der Waals surface area contributed by atoms with Crippen molar-refractivity contribution >= 4 is 33.7 Å². The second-order valence-electron chi connectivity index (χ2n) is 6.86. The molecule has 0 bridgehead atoms. The first-order chi connectivity index (χ1) is 14.2. The molecule has 0 spiro atoms. The molecule has 0 aromatic carbocycles. The van der Waals surface area contributed by atoms with Gasteiger partial charge in [-0.1, -0.05) is 0 Å². The molecule has 4 aromatic rings. The number of fused-ring (bicyclic) bond motifs is 2. The van der Waals surface area contributed by atoms with Crippen molar-refractivity contribution < 1.29 is 0 Å². The zero-order valence-corrected chi connectivity index (χ0v) is 16.7. The Morgan fingerprint density at radius 2 is 1.03 bits per heavy atom. The summed E-state index contributed by atoms with van der Waals surface area (Å²) >= 11 is 0. The smallest absolute Gasteiger partial charge is 0.331 e. The molecule has 158 valence electrons. The van der Waals surface area contributed by atoms with Crippen LogP contribution in [0.5, 0.6) is 0 Å². The highest BCUT2D eigenvalue weighted by atomic mass is 16.2. The monoisotopic (exact) mass is 416 g/mol. The van der Waals surface area contributed by atoms with Gasteiger partial charge in [-0.05, 0) is 0 Å². The van der Waals surface area contributed by atoms with E-state index in [2.05, 4.69) is 31.0 Å². The molecule has 0 saturated carbocycles. The third-order valence-corrected chi connectivity index (χ3v) is 5.05. The fourth-order valence-electron chi connectivity index (χ4n) is 3.38. The number of aromatic nitrogens is 8. The second-order valence-corrected chi connectivity index (χ2v) is 6.86. The van der Waals surface area contributed by atoms with E-state index in [0.717, 1.165) is 9.13 Å². The van der Waals surface area contributed by atoms with E-state index in [1.807, 2.05) is 0 Å². The van der Waals surface area contributed by atoms with Crippen molar-refractivity contribution in [1.29, 1.82) is 0 Å². The van der Waals surface area contributed by atoms with Gasteiger partial charge in [-0.2, -0.15) is 10.2 Å². The molecule has 14 heteroatoms. The molecule has 4 rings (SSSR count). The largest absolute Gasteiger partial charge is 0.365 e. The Balaban J connectivity index is 1.56. The standard InChI is InChI=1S/C16H20N10O4/c1-23-9-7(13(27)25(3)15(23)29)19-21-11(9)17-5-6-18-12-10-8(20-22-12)14(28)26(4)16(30)24(10)2/h5-6H2,1-4H3,(H2,17,19,21)(H2,18,20,22).